The summed E-state index contributed by atoms with van der Waals surface area (Å²) in [5, 5.41) is 4.07. The number of aliphatic imine (C=N–C) groups is 1. The van der Waals surface area contributed by atoms with Crippen LogP contribution >= 0.6 is 35.0 Å². The molecule has 4 nitrogen and oxygen atoms in total. The van der Waals surface area contributed by atoms with E-state index in [0.717, 1.165) is 18.7 Å². The lowest BCUT2D eigenvalue weighted by molar-refractivity contribution is -0.115. The summed E-state index contributed by atoms with van der Waals surface area (Å²) in [6.45, 7) is 2.23. The van der Waals surface area contributed by atoms with Crippen molar-refractivity contribution in [2.45, 2.75) is 19.3 Å². The summed E-state index contributed by atoms with van der Waals surface area (Å²) in [7, 11) is 0. The molecule has 0 aromatic heterocycles. The first-order valence-corrected chi connectivity index (χ1v) is 10.8. The number of rotatable bonds is 3. The molecule has 1 amide bonds. The van der Waals surface area contributed by atoms with Crippen LogP contribution in [-0.2, 0) is 4.79 Å². The minimum atomic E-state index is -0.165. The van der Waals surface area contributed by atoms with Gasteiger partial charge in [0.05, 0.1) is 20.6 Å². The maximum Gasteiger partial charge on any atom is 0.264 e. The van der Waals surface area contributed by atoms with Crippen molar-refractivity contribution in [3.05, 3.63) is 63.0 Å². The Morgan fingerprint density at radius 3 is 2.54 bits per heavy atom. The predicted octanol–water partition coefficient (Wildman–Crippen LogP) is 5.88. The van der Waals surface area contributed by atoms with E-state index in [-0.39, 0.29) is 5.91 Å². The lowest BCUT2D eigenvalue weighted by Crippen LogP contribution is -2.29. The van der Waals surface area contributed by atoms with Crippen molar-refractivity contribution in [3.63, 3.8) is 0 Å². The van der Waals surface area contributed by atoms with Gasteiger partial charge in [-0.2, -0.15) is 0 Å². The van der Waals surface area contributed by atoms with Crippen molar-refractivity contribution in [2.24, 2.45) is 4.99 Å². The molecular formula is C21H19Cl2N3OS. The molecule has 0 unspecified atom stereocenters. The van der Waals surface area contributed by atoms with E-state index in [1.54, 1.807) is 18.2 Å². The Labute approximate surface area is 178 Å². The van der Waals surface area contributed by atoms with Gasteiger partial charge in [0.2, 0.25) is 0 Å². The van der Waals surface area contributed by atoms with Crippen molar-refractivity contribution in [3.8, 4) is 0 Å². The van der Waals surface area contributed by atoms with Crippen LogP contribution in [0, 0.1) is 0 Å². The van der Waals surface area contributed by atoms with Crippen LogP contribution in [-0.4, -0.2) is 24.2 Å². The van der Waals surface area contributed by atoms with Gasteiger partial charge in [-0.05, 0) is 66.9 Å². The number of piperidine rings is 1. The van der Waals surface area contributed by atoms with Gasteiger partial charge in [0.15, 0.2) is 5.17 Å². The SMILES string of the molecule is O=C1NC(=Nc2cccc(Cl)c2Cl)S/C1=C/c1ccc(N2CCCCC2)cc1. The van der Waals surface area contributed by atoms with E-state index in [4.69, 9.17) is 23.2 Å². The number of benzene rings is 2. The van der Waals surface area contributed by atoms with E-state index in [1.807, 2.05) is 18.2 Å². The van der Waals surface area contributed by atoms with Crippen molar-refractivity contribution < 1.29 is 4.79 Å². The van der Waals surface area contributed by atoms with Crippen molar-refractivity contribution >= 4 is 63.5 Å². The van der Waals surface area contributed by atoms with Gasteiger partial charge in [0, 0.05) is 18.8 Å². The Kier molecular flexibility index (Phi) is 5.95. The smallest absolute Gasteiger partial charge is 0.264 e. The van der Waals surface area contributed by atoms with E-state index < -0.39 is 0 Å². The zero-order valence-electron chi connectivity index (χ0n) is 15.1. The maximum atomic E-state index is 12.3. The predicted molar refractivity (Wildman–Crippen MR) is 120 cm³/mol. The number of amidine groups is 1. The van der Waals surface area contributed by atoms with Crippen molar-refractivity contribution in [1.82, 2.24) is 5.32 Å². The number of anilines is 1. The summed E-state index contributed by atoms with van der Waals surface area (Å²) in [6.07, 6.45) is 5.70. The third-order valence-electron chi connectivity index (χ3n) is 4.72. The molecule has 28 heavy (non-hydrogen) atoms. The number of thioether (sulfide) groups is 1. The second kappa shape index (κ2) is 8.60. The van der Waals surface area contributed by atoms with Crippen molar-refractivity contribution in [1.29, 1.82) is 0 Å². The quantitative estimate of drug-likeness (QED) is 0.617. The average Bonchev–Trinajstić information content (AvgIpc) is 3.05. The summed E-state index contributed by atoms with van der Waals surface area (Å²) in [5.41, 5.74) is 2.76. The highest BCUT2D eigenvalue weighted by Crippen LogP contribution is 2.34. The van der Waals surface area contributed by atoms with E-state index in [0.29, 0.717) is 25.8 Å². The van der Waals surface area contributed by atoms with Gasteiger partial charge in [-0.25, -0.2) is 4.99 Å². The molecule has 2 fully saturated rings. The molecule has 0 saturated carbocycles. The van der Waals surface area contributed by atoms with Gasteiger partial charge in [0.1, 0.15) is 0 Å². The Bertz CT molecular complexity index is 951. The minimum Gasteiger partial charge on any atom is -0.372 e. The second-order valence-corrected chi connectivity index (χ2v) is 8.51. The second-order valence-electron chi connectivity index (χ2n) is 6.69. The number of amides is 1. The first kappa shape index (κ1) is 19.4. The lowest BCUT2D eigenvalue weighted by atomic mass is 10.1. The van der Waals surface area contributed by atoms with Crippen LogP contribution in [0.25, 0.3) is 6.08 Å². The molecule has 2 saturated heterocycles. The molecule has 0 aliphatic carbocycles. The maximum absolute atomic E-state index is 12.3. The van der Waals surface area contributed by atoms with E-state index >= 15 is 0 Å². The molecule has 144 valence electrons. The molecule has 0 atom stereocenters. The fourth-order valence-electron chi connectivity index (χ4n) is 3.25. The molecule has 0 spiro atoms. The molecule has 0 radical (unpaired) electrons. The summed E-state index contributed by atoms with van der Waals surface area (Å²) >= 11 is 13.5. The Balaban J connectivity index is 1.50. The van der Waals surface area contributed by atoms with Crippen LogP contribution < -0.4 is 10.2 Å². The van der Waals surface area contributed by atoms with Crippen molar-refractivity contribution in [2.75, 3.05) is 18.0 Å². The van der Waals surface area contributed by atoms with Gasteiger partial charge in [-0.1, -0.05) is 41.4 Å². The van der Waals surface area contributed by atoms with Crippen LogP contribution in [0.3, 0.4) is 0 Å². The molecule has 2 aromatic rings. The summed E-state index contributed by atoms with van der Waals surface area (Å²) in [6, 6.07) is 13.6. The zero-order valence-corrected chi connectivity index (χ0v) is 17.4. The van der Waals surface area contributed by atoms with Crippen LogP contribution in [0.5, 0.6) is 0 Å². The first-order chi connectivity index (χ1) is 13.6. The third kappa shape index (κ3) is 4.37. The highest BCUT2D eigenvalue weighted by atomic mass is 35.5. The van der Waals surface area contributed by atoms with Gasteiger partial charge >= 0.3 is 0 Å². The Morgan fingerprint density at radius 1 is 1.04 bits per heavy atom. The number of nitrogens with one attached hydrogen (secondary N) is 1. The Morgan fingerprint density at radius 2 is 1.79 bits per heavy atom. The topological polar surface area (TPSA) is 44.7 Å². The minimum absolute atomic E-state index is 0.165. The summed E-state index contributed by atoms with van der Waals surface area (Å²) in [4.78, 5) is 19.7. The zero-order chi connectivity index (χ0) is 19.5. The molecule has 1 N–H and O–H groups in total. The number of halogens is 2. The third-order valence-corrected chi connectivity index (χ3v) is 6.43. The standard InChI is InChI=1S/C21H19Cl2N3OS/c22-16-5-4-6-17(19(16)23)24-21-25-20(27)18(28-21)13-14-7-9-15(10-8-14)26-11-2-1-3-12-26/h4-10,13H,1-3,11-12H2,(H,24,25,27)/b18-13+. The number of hydrogen-bond donors (Lipinski definition) is 1. The fourth-order valence-corrected chi connectivity index (χ4v) is 4.43. The van der Waals surface area contributed by atoms with Crippen LogP contribution in [0.1, 0.15) is 24.8 Å². The number of carbonyl (C=O) groups is 1. The normalized spacial score (nSPS) is 20.1. The molecule has 0 bridgehead atoms. The summed E-state index contributed by atoms with van der Waals surface area (Å²) in [5.74, 6) is -0.165. The molecular weight excluding hydrogens is 413 g/mol. The number of hydrogen-bond acceptors (Lipinski definition) is 4. The van der Waals surface area contributed by atoms with Crippen LogP contribution in [0.2, 0.25) is 10.0 Å². The van der Waals surface area contributed by atoms with E-state index in [2.05, 4.69) is 27.3 Å². The summed E-state index contributed by atoms with van der Waals surface area (Å²) < 4.78 is 0. The number of carbonyl (C=O) groups excluding carboxylic acids is 1. The number of nitrogens with zero attached hydrogens (tertiary/aromatic N) is 2. The monoisotopic (exact) mass is 431 g/mol. The van der Waals surface area contributed by atoms with Crippen LogP contribution in [0.15, 0.2) is 52.4 Å². The molecule has 7 heteroatoms. The Hall–Kier alpha value is -1.95. The van der Waals surface area contributed by atoms with Crippen LogP contribution in [0.4, 0.5) is 11.4 Å². The fraction of sp³-hybridized carbons (Fsp3) is 0.238. The highest BCUT2D eigenvalue weighted by Gasteiger charge is 2.24. The highest BCUT2D eigenvalue weighted by molar-refractivity contribution is 8.18. The van der Waals surface area contributed by atoms with Gasteiger partial charge in [-0.15, -0.1) is 0 Å². The van der Waals surface area contributed by atoms with E-state index in [9.17, 15) is 4.79 Å². The molecule has 2 heterocycles. The average molecular weight is 432 g/mol. The first-order valence-electron chi connectivity index (χ1n) is 9.19. The van der Waals surface area contributed by atoms with Gasteiger partial charge in [0.25, 0.3) is 5.91 Å². The van der Waals surface area contributed by atoms with E-state index in [1.165, 1.54) is 36.7 Å². The lowest BCUT2D eigenvalue weighted by Gasteiger charge is -2.28. The van der Waals surface area contributed by atoms with Gasteiger partial charge in [-0.3, -0.25) is 4.79 Å². The largest absolute Gasteiger partial charge is 0.372 e. The molecule has 4 rings (SSSR count). The molecule has 2 aromatic carbocycles. The van der Waals surface area contributed by atoms with Gasteiger partial charge < -0.3 is 10.2 Å². The molecule has 2 aliphatic heterocycles. The molecule has 2 aliphatic rings.